The fraction of sp³-hybridized carbons (Fsp3) is 0.480. The van der Waals surface area contributed by atoms with Gasteiger partial charge in [0, 0.05) is 5.56 Å². The van der Waals surface area contributed by atoms with Crippen LogP contribution in [0.5, 0.6) is 11.5 Å². The van der Waals surface area contributed by atoms with Crippen molar-refractivity contribution in [2.75, 3.05) is 6.61 Å². The second-order valence-corrected chi connectivity index (χ2v) is 8.50. The summed E-state index contributed by atoms with van der Waals surface area (Å²) in [5.41, 5.74) is 1.68. The summed E-state index contributed by atoms with van der Waals surface area (Å²) >= 11 is 0. The van der Waals surface area contributed by atoms with Gasteiger partial charge in [-0.2, -0.15) is 10.1 Å². The van der Waals surface area contributed by atoms with Crippen LogP contribution in [0.2, 0.25) is 0 Å². The summed E-state index contributed by atoms with van der Waals surface area (Å²) in [5.74, 6) is 0.815. The van der Waals surface area contributed by atoms with E-state index in [4.69, 9.17) is 9.47 Å². The van der Waals surface area contributed by atoms with Crippen LogP contribution < -0.4 is 9.47 Å². The van der Waals surface area contributed by atoms with Gasteiger partial charge in [-0.3, -0.25) is 9.59 Å². The van der Waals surface area contributed by atoms with Gasteiger partial charge in [0.05, 0.1) is 30.8 Å². The van der Waals surface area contributed by atoms with Crippen molar-refractivity contribution >= 4 is 18.0 Å². The summed E-state index contributed by atoms with van der Waals surface area (Å²) in [6.07, 6.45) is 9.97. The van der Waals surface area contributed by atoms with Crippen LogP contribution in [-0.2, 0) is 16.0 Å². The molecule has 2 amide bonds. The SMILES string of the molecule is C=CCc1cc(C=NN2C(=O)[C@@H]3[C@H](C2=O)[C@H]2C=C[C@H]3C2)cc(OCC)c1O[C@H](C)CC. The van der Waals surface area contributed by atoms with Gasteiger partial charge in [0.25, 0.3) is 11.8 Å². The molecule has 6 heteroatoms. The average molecular weight is 423 g/mol. The van der Waals surface area contributed by atoms with Crippen LogP contribution in [0.1, 0.15) is 44.7 Å². The molecule has 0 spiro atoms. The van der Waals surface area contributed by atoms with E-state index < -0.39 is 0 Å². The Bertz CT molecular complexity index is 921. The number of rotatable bonds is 9. The zero-order valence-electron chi connectivity index (χ0n) is 18.4. The maximum Gasteiger partial charge on any atom is 0.254 e. The highest BCUT2D eigenvalue weighted by Crippen LogP contribution is 2.52. The Morgan fingerprint density at radius 2 is 1.87 bits per heavy atom. The molecule has 2 bridgehead atoms. The lowest BCUT2D eigenvalue weighted by atomic mass is 9.85. The summed E-state index contributed by atoms with van der Waals surface area (Å²) < 4.78 is 12.0. The van der Waals surface area contributed by atoms with Crippen molar-refractivity contribution in [3.05, 3.63) is 48.1 Å². The monoisotopic (exact) mass is 422 g/mol. The number of imide groups is 1. The van der Waals surface area contributed by atoms with Crippen LogP contribution in [0.15, 0.2) is 42.0 Å². The summed E-state index contributed by atoms with van der Waals surface area (Å²) in [6.45, 7) is 10.4. The molecule has 1 heterocycles. The third-order valence-electron chi connectivity index (χ3n) is 6.48. The van der Waals surface area contributed by atoms with E-state index in [0.717, 1.165) is 29.0 Å². The van der Waals surface area contributed by atoms with E-state index in [2.05, 4.69) is 30.8 Å². The van der Waals surface area contributed by atoms with E-state index in [1.165, 1.54) is 0 Å². The minimum Gasteiger partial charge on any atom is -0.490 e. The van der Waals surface area contributed by atoms with Crippen molar-refractivity contribution in [2.24, 2.45) is 28.8 Å². The number of carbonyl (C=O) groups excluding carboxylic acids is 2. The van der Waals surface area contributed by atoms with E-state index in [-0.39, 0.29) is 41.6 Å². The molecule has 0 N–H and O–H groups in total. The Hall–Kier alpha value is -2.89. The van der Waals surface area contributed by atoms with Crippen molar-refractivity contribution in [2.45, 2.75) is 46.1 Å². The van der Waals surface area contributed by atoms with Crippen LogP contribution in [0, 0.1) is 23.7 Å². The smallest absolute Gasteiger partial charge is 0.254 e. The fourth-order valence-electron chi connectivity index (χ4n) is 4.87. The molecule has 2 fully saturated rings. The molecule has 3 aliphatic rings. The second kappa shape index (κ2) is 8.69. The van der Waals surface area contributed by atoms with Crippen molar-refractivity contribution in [3.8, 4) is 11.5 Å². The number of hydrazone groups is 1. The number of ether oxygens (including phenoxy) is 2. The van der Waals surface area contributed by atoms with Gasteiger partial charge in [-0.1, -0.05) is 25.2 Å². The number of nitrogens with zero attached hydrogens (tertiary/aromatic N) is 2. The number of benzene rings is 1. The lowest BCUT2D eigenvalue weighted by molar-refractivity contribution is -0.140. The molecule has 0 unspecified atom stereocenters. The quantitative estimate of drug-likeness (QED) is 0.341. The molecule has 31 heavy (non-hydrogen) atoms. The minimum atomic E-state index is -0.249. The predicted octanol–water partition coefficient (Wildman–Crippen LogP) is 4.13. The van der Waals surface area contributed by atoms with Crippen molar-refractivity contribution < 1.29 is 19.1 Å². The summed E-state index contributed by atoms with van der Waals surface area (Å²) in [7, 11) is 0. The van der Waals surface area contributed by atoms with Crippen LogP contribution >= 0.6 is 0 Å². The van der Waals surface area contributed by atoms with Crippen LogP contribution in [0.3, 0.4) is 0 Å². The lowest BCUT2D eigenvalue weighted by Crippen LogP contribution is -2.28. The van der Waals surface area contributed by atoms with Gasteiger partial charge in [0.1, 0.15) is 0 Å². The zero-order chi connectivity index (χ0) is 22.1. The average Bonchev–Trinajstić information content (AvgIpc) is 3.43. The van der Waals surface area contributed by atoms with Gasteiger partial charge in [0.2, 0.25) is 0 Å². The number of hydrogen-bond donors (Lipinski definition) is 0. The molecule has 1 aliphatic heterocycles. The highest BCUT2D eigenvalue weighted by Gasteiger charge is 2.59. The van der Waals surface area contributed by atoms with Crippen molar-refractivity contribution in [1.82, 2.24) is 5.01 Å². The molecule has 1 saturated heterocycles. The van der Waals surface area contributed by atoms with Gasteiger partial charge < -0.3 is 9.47 Å². The van der Waals surface area contributed by atoms with E-state index in [1.54, 1.807) is 6.21 Å². The minimum absolute atomic E-state index is 0.0468. The molecule has 0 aromatic heterocycles. The summed E-state index contributed by atoms with van der Waals surface area (Å²) in [5, 5.41) is 5.37. The number of allylic oxidation sites excluding steroid dienone is 3. The Labute approximate surface area is 183 Å². The zero-order valence-corrected chi connectivity index (χ0v) is 18.4. The van der Waals surface area contributed by atoms with E-state index in [0.29, 0.717) is 24.5 Å². The van der Waals surface area contributed by atoms with Crippen LogP contribution in [-0.4, -0.2) is 35.7 Å². The molecule has 1 aromatic rings. The van der Waals surface area contributed by atoms with Gasteiger partial charge in [-0.05, 0) is 62.6 Å². The molecule has 0 radical (unpaired) electrons. The Morgan fingerprint density at radius 1 is 1.19 bits per heavy atom. The topological polar surface area (TPSA) is 68.2 Å². The fourth-order valence-corrected chi connectivity index (χ4v) is 4.87. The normalized spacial score (nSPS) is 27.3. The molecule has 5 atom stereocenters. The molecule has 2 aliphatic carbocycles. The Balaban J connectivity index is 1.62. The molecule has 4 rings (SSSR count). The number of carbonyl (C=O) groups is 2. The first-order chi connectivity index (χ1) is 15.0. The van der Waals surface area contributed by atoms with E-state index >= 15 is 0 Å². The Morgan fingerprint density at radius 3 is 2.45 bits per heavy atom. The van der Waals surface area contributed by atoms with Gasteiger partial charge in [-0.25, -0.2) is 0 Å². The molecule has 1 saturated carbocycles. The summed E-state index contributed by atoms with van der Waals surface area (Å²) in [4.78, 5) is 25.7. The highest BCUT2D eigenvalue weighted by atomic mass is 16.5. The Kier molecular flexibility index (Phi) is 5.99. The van der Waals surface area contributed by atoms with Crippen LogP contribution in [0.25, 0.3) is 0 Å². The molecule has 1 aromatic carbocycles. The number of amides is 2. The predicted molar refractivity (Wildman–Crippen MR) is 119 cm³/mol. The molecule has 6 nitrogen and oxygen atoms in total. The van der Waals surface area contributed by atoms with Crippen molar-refractivity contribution in [1.29, 1.82) is 0 Å². The lowest BCUT2D eigenvalue weighted by Gasteiger charge is -2.20. The van der Waals surface area contributed by atoms with E-state index in [1.807, 2.05) is 32.1 Å². The molecule has 164 valence electrons. The third-order valence-corrected chi connectivity index (χ3v) is 6.48. The second-order valence-electron chi connectivity index (χ2n) is 8.50. The van der Waals surface area contributed by atoms with Gasteiger partial charge >= 0.3 is 0 Å². The van der Waals surface area contributed by atoms with Gasteiger partial charge in [0.15, 0.2) is 11.5 Å². The highest BCUT2D eigenvalue weighted by molar-refractivity contribution is 6.06. The number of hydrogen-bond acceptors (Lipinski definition) is 5. The number of fused-ring (bicyclic) bond motifs is 5. The maximum absolute atomic E-state index is 12.9. The first-order valence-electron chi connectivity index (χ1n) is 11.2. The standard InChI is InChI=1S/C25H30N2O4/c1-5-8-19-11-16(12-20(30-7-3)23(19)31-15(4)6-2)14-26-27-24(28)21-17-9-10-18(13-17)22(21)25(27)29/h5,9-12,14-15,17-18,21-22H,1,6-8,13H2,2-4H3/t15-,17+,18+,21-,22+/m1/s1. The first kappa shape index (κ1) is 21.3. The van der Waals surface area contributed by atoms with Crippen molar-refractivity contribution in [3.63, 3.8) is 0 Å². The van der Waals surface area contributed by atoms with Crippen LogP contribution in [0.4, 0.5) is 0 Å². The first-order valence-corrected chi connectivity index (χ1v) is 11.2. The molecular weight excluding hydrogens is 392 g/mol. The largest absolute Gasteiger partial charge is 0.490 e. The molecular formula is C25H30N2O4. The summed E-state index contributed by atoms with van der Waals surface area (Å²) in [6, 6.07) is 3.79. The maximum atomic E-state index is 12.9. The van der Waals surface area contributed by atoms with E-state index in [9.17, 15) is 9.59 Å². The third kappa shape index (κ3) is 3.80. The van der Waals surface area contributed by atoms with Gasteiger partial charge in [-0.15, -0.1) is 6.58 Å².